The fourth-order valence-corrected chi connectivity index (χ4v) is 4.24. The highest BCUT2D eigenvalue weighted by molar-refractivity contribution is 7.08. The smallest absolute Gasteiger partial charge is 0.162 e. The number of aromatic nitrogens is 3. The van der Waals surface area contributed by atoms with E-state index in [9.17, 15) is 4.39 Å². The van der Waals surface area contributed by atoms with Crippen molar-refractivity contribution >= 4 is 22.8 Å². The summed E-state index contributed by atoms with van der Waals surface area (Å²) in [5.74, 6) is 0.654. The quantitative estimate of drug-likeness (QED) is 0.527. The Morgan fingerprint density at radius 2 is 1.86 bits per heavy atom. The van der Waals surface area contributed by atoms with Crippen molar-refractivity contribution in [1.82, 2.24) is 19.5 Å². The molecule has 1 aliphatic rings. The molecule has 5 rings (SSSR count). The van der Waals surface area contributed by atoms with E-state index < -0.39 is 0 Å². The third-order valence-corrected chi connectivity index (χ3v) is 5.90. The molecule has 1 aliphatic heterocycles. The summed E-state index contributed by atoms with van der Waals surface area (Å²) in [6.45, 7) is 3.90. The highest BCUT2D eigenvalue weighted by atomic mass is 32.1. The molecule has 0 unspecified atom stereocenters. The van der Waals surface area contributed by atoms with Crippen LogP contribution >= 0.6 is 11.3 Å². The molecule has 0 amide bonds. The van der Waals surface area contributed by atoms with Gasteiger partial charge in [0.25, 0.3) is 0 Å². The zero-order valence-corrected chi connectivity index (χ0v) is 16.4. The number of hydrogen-bond acceptors (Lipinski definition) is 5. The first-order valence-corrected chi connectivity index (χ1v) is 10.2. The van der Waals surface area contributed by atoms with E-state index in [4.69, 9.17) is 10.1 Å². The van der Waals surface area contributed by atoms with E-state index >= 15 is 0 Å². The predicted molar refractivity (Wildman–Crippen MR) is 111 cm³/mol. The molecule has 1 aromatic carbocycles. The van der Waals surface area contributed by atoms with Gasteiger partial charge in [-0.3, -0.25) is 0 Å². The molecule has 5 nitrogen and oxygen atoms in total. The van der Waals surface area contributed by atoms with Crippen molar-refractivity contribution in [2.45, 2.75) is 0 Å². The van der Waals surface area contributed by atoms with Gasteiger partial charge in [0.2, 0.25) is 0 Å². The summed E-state index contributed by atoms with van der Waals surface area (Å²) in [5, 5.41) is 8.98. The van der Waals surface area contributed by atoms with Crippen LogP contribution in [0, 0.1) is 5.82 Å². The Morgan fingerprint density at radius 1 is 1.04 bits per heavy atom. The van der Waals surface area contributed by atoms with Crippen LogP contribution in [0.4, 0.5) is 10.2 Å². The lowest BCUT2D eigenvalue weighted by atomic mass is 10.1. The van der Waals surface area contributed by atoms with E-state index in [1.54, 1.807) is 28.0 Å². The van der Waals surface area contributed by atoms with E-state index in [1.165, 1.54) is 6.07 Å². The molecule has 0 bridgehead atoms. The van der Waals surface area contributed by atoms with Gasteiger partial charge < -0.3 is 9.80 Å². The van der Waals surface area contributed by atoms with Gasteiger partial charge in [-0.1, -0.05) is 12.1 Å². The standard InChI is InChI=1S/C21H20FN5S/c1-25-7-9-26(10-8-25)20-12-17(15-6-11-28-14-15)21-23-19(13-27(21)24-20)16-4-2-3-5-18(16)22/h2-6,11-14H,7-10H2,1H3. The Balaban J connectivity index is 1.66. The molecule has 0 atom stereocenters. The molecular formula is C21H20FN5S. The van der Waals surface area contributed by atoms with Crippen LogP contribution in [0.5, 0.6) is 0 Å². The molecule has 4 heterocycles. The molecule has 1 saturated heterocycles. The van der Waals surface area contributed by atoms with Gasteiger partial charge in [0, 0.05) is 37.3 Å². The summed E-state index contributed by atoms with van der Waals surface area (Å²) in [7, 11) is 2.14. The van der Waals surface area contributed by atoms with Crippen LogP contribution in [0.15, 0.2) is 53.4 Å². The van der Waals surface area contributed by atoms with E-state index in [1.807, 2.05) is 12.3 Å². The Kier molecular flexibility index (Phi) is 4.33. The highest BCUT2D eigenvalue weighted by Gasteiger charge is 2.20. The maximum Gasteiger partial charge on any atom is 0.162 e. The molecule has 0 aliphatic carbocycles. The first-order chi connectivity index (χ1) is 13.7. The lowest BCUT2D eigenvalue weighted by molar-refractivity contribution is 0.311. The number of rotatable bonds is 3. The average molecular weight is 393 g/mol. The zero-order valence-electron chi connectivity index (χ0n) is 15.5. The van der Waals surface area contributed by atoms with E-state index in [-0.39, 0.29) is 5.82 Å². The summed E-state index contributed by atoms with van der Waals surface area (Å²) < 4.78 is 16.1. The minimum Gasteiger partial charge on any atom is -0.353 e. The number of fused-ring (bicyclic) bond motifs is 1. The van der Waals surface area contributed by atoms with E-state index in [2.05, 4.69) is 39.7 Å². The second kappa shape index (κ2) is 7.00. The summed E-state index contributed by atoms with van der Waals surface area (Å²) in [6.07, 6.45) is 1.82. The van der Waals surface area contributed by atoms with Gasteiger partial charge in [0.1, 0.15) is 11.6 Å². The number of hydrogen-bond donors (Lipinski definition) is 0. The SMILES string of the molecule is CN1CCN(c2cc(-c3ccsc3)c3nc(-c4ccccc4F)cn3n2)CC1. The van der Waals surface area contributed by atoms with Crippen molar-refractivity contribution in [3.63, 3.8) is 0 Å². The number of imidazole rings is 1. The Morgan fingerprint density at radius 3 is 2.61 bits per heavy atom. The lowest BCUT2D eigenvalue weighted by Crippen LogP contribution is -2.45. The van der Waals surface area contributed by atoms with Crippen molar-refractivity contribution in [1.29, 1.82) is 0 Å². The molecule has 0 spiro atoms. The first kappa shape index (κ1) is 17.3. The number of benzene rings is 1. The van der Waals surface area contributed by atoms with Gasteiger partial charge in [-0.15, -0.1) is 5.10 Å². The second-order valence-electron chi connectivity index (χ2n) is 7.09. The van der Waals surface area contributed by atoms with Crippen LogP contribution in [0.1, 0.15) is 0 Å². The minimum absolute atomic E-state index is 0.276. The van der Waals surface area contributed by atoms with Gasteiger partial charge >= 0.3 is 0 Å². The number of thiophene rings is 1. The molecular weight excluding hydrogens is 373 g/mol. The number of likely N-dealkylation sites (N-methyl/N-ethyl adjacent to an activating group) is 1. The van der Waals surface area contributed by atoms with Crippen LogP contribution < -0.4 is 4.90 Å². The van der Waals surface area contributed by atoms with Gasteiger partial charge in [-0.2, -0.15) is 11.3 Å². The van der Waals surface area contributed by atoms with Crippen molar-refractivity contribution in [3.8, 4) is 22.4 Å². The molecule has 28 heavy (non-hydrogen) atoms. The molecule has 1 fully saturated rings. The fourth-order valence-electron chi connectivity index (χ4n) is 3.58. The number of nitrogens with zero attached hydrogens (tertiary/aromatic N) is 5. The summed E-state index contributed by atoms with van der Waals surface area (Å²) in [4.78, 5) is 9.36. The molecule has 4 aromatic rings. The monoisotopic (exact) mass is 393 g/mol. The molecule has 0 N–H and O–H groups in total. The van der Waals surface area contributed by atoms with Crippen molar-refractivity contribution < 1.29 is 4.39 Å². The van der Waals surface area contributed by atoms with Crippen LogP contribution in [0.2, 0.25) is 0 Å². The van der Waals surface area contributed by atoms with Crippen LogP contribution in [0.25, 0.3) is 28.0 Å². The van der Waals surface area contributed by atoms with Crippen molar-refractivity contribution in [3.05, 3.63) is 59.2 Å². The number of halogens is 1. The Bertz CT molecular complexity index is 1110. The topological polar surface area (TPSA) is 36.7 Å². The van der Waals surface area contributed by atoms with Gasteiger partial charge in [0.05, 0.1) is 11.9 Å². The predicted octanol–water partition coefficient (Wildman–Crippen LogP) is 4.02. The van der Waals surface area contributed by atoms with Crippen molar-refractivity contribution in [2.24, 2.45) is 0 Å². The molecule has 3 aromatic heterocycles. The van der Waals surface area contributed by atoms with E-state index in [0.29, 0.717) is 11.3 Å². The second-order valence-corrected chi connectivity index (χ2v) is 7.87. The average Bonchev–Trinajstić information content (AvgIpc) is 3.38. The first-order valence-electron chi connectivity index (χ1n) is 9.30. The van der Waals surface area contributed by atoms with E-state index in [0.717, 1.165) is 48.8 Å². The van der Waals surface area contributed by atoms with Crippen LogP contribution in [-0.2, 0) is 0 Å². The van der Waals surface area contributed by atoms with Crippen molar-refractivity contribution in [2.75, 3.05) is 38.1 Å². The summed E-state index contributed by atoms with van der Waals surface area (Å²) >= 11 is 1.65. The lowest BCUT2D eigenvalue weighted by Gasteiger charge is -2.33. The number of anilines is 1. The normalized spacial score (nSPS) is 15.4. The van der Waals surface area contributed by atoms with Gasteiger partial charge in [-0.05, 0) is 47.6 Å². The number of piperazine rings is 1. The molecule has 0 radical (unpaired) electrons. The largest absolute Gasteiger partial charge is 0.353 e. The molecule has 7 heteroatoms. The fraction of sp³-hybridized carbons (Fsp3) is 0.238. The third kappa shape index (κ3) is 3.06. The maximum atomic E-state index is 14.3. The maximum absolute atomic E-state index is 14.3. The summed E-state index contributed by atoms with van der Waals surface area (Å²) in [6, 6.07) is 10.9. The summed E-state index contributed by atoms with van der Waals surface area (Å²) in [5.41, 5.74) is 3.96. The third-order valence-electron chi connectivity index (χ3n) is 5.22. The Hall–Kier alpha value is -2.77. The highest BCUT2D eigenvalue weighted by Crippen LogP contribution is 2.31. The molecule has 0 saturated carbocycles. The van der Waals surface area contributed by atoms with Gasteiger partial charge in [0.15, 0.2) is 5.65 Å². The molecule has 142 valence electrons. The van der Waals surface area contributed by atoms with Gasteiger partial charge in [-0.25, -0.2) is 13.9 Å². The zero-order chi connectivity index (χ0) is 19.1. The minimum atomic E-state index is -0.276. The van der Waals surface area contributed by atoms with Crippen LogP contribution in [0.3, 0.4) is 0 Å². The Labute approximate surface area is 166 Å². The van der Waals surface area contributed by atoms with Crippen LogP contribution in [-0.4, -0.2) is 52.7 Å².